The van der Waals surface area contributed by atoms with Crippen LogP contribution in [0, 0.1) is 0 Å². The van der Waals surface area contributed by atoms with Gasteiger partial charge in [-0.05, 0) is 19.3 Å². The van der Waals surface area contributed by atoms with Crippen molar-refractivity contribution in [1.82, 2.24) is 15.1 Å². The number of nitrogens with zero attached hydrogens (tertiary/aromatic N) is 4. The van der Waals surface area contributed by atoms with Crippen LogP contribution in [0.2, 0.25) is 0 Å². The quantitative estimate of drug-likeness (QED) is 0.566. The van der Waals surface area contributed by atoms with Crippen LogP contribution >= 0.6 is 22.9 Å². The SMILES string of the molecule is CN1CCC(OC(=O)CCCCl)N(c2nnc(C3CCC3)s2)C1=O. The maximum absolute atomic E-state index is 12.6. The minimum absolute atomic E-state index is 0.215. The Morgan fingerprint density at radius 2 is 2.17 bits per heavy atom. The van der Waals surface area contributed by atoms with Gasteiger partial charge in [-0.2, -0.15) is 0 Å². The van der Waals surface area contributed by atoms with Crippen LogP contribution in [0.4, 0.5) is 9.93 Å². The first kappa shape index (κ1) is 17.4. The molecule has 2 amide bonds. The molecule has 1 aliphatic heterocycles. The lowest BCUT2D eigenvalue weighted by Crippen LogP contribution is -2.54. The van der Waals surface area contributed by atoms with Crippen molar-refractivity contribution in [3.05, 3.63) is 5.01 Å². The predicted octanol–water partition coefficient (Wildman–Crippen LogP) is 2.96. The highest BCUT2D eigenvalue weighted by atomic mass is 35.5. The predicted molar refractivity (Wildman–Crippen MR) is 91.5 cm³/mol. The second-order valence-electron chi connectivity index (χ2n) is 6.15. The molecule has 0 N–H and O–H groups in total. The summed E-state index contributed by atoms with van der Waals surface area (Å²) in [6.07, 6.45) is 4.20. The molecule has 1 aromatic heterocycles. The van der Waals surface area contributed by atoms with Gasteiger partial charge in [0.25, 0.3) is 0 Å². The van der Waals surface area contributed by atoms with E-state index < -0.39 is 6.23 Å². The molecule has 0 aromatic carbocycles. The van der Waals surface area contributed by atoms with E-state index in [0.29, 0.717) is 36.3 Å². The van der Waals surface area contributed by atoms with E-state index >= 15 is 0 Å². The Morgan fingerprint density at radius 3 is 2.83 bits per heavy atom. The highest BCUT2D eigenvalue weighted by Crippen LogP contribution is 2.40. The van der Waals surface area contributed by atoms with Gasteiger partial charge in [-0.3, -0.25) is 4.79 Å². The second kappa shape index (κ2) is 7.65. The number of anilines is 1. The van der Waals surface area contributed by atoms with Gasteiger partial charge in [0, 0.05) is 38.2 Å². The molecular formula is C15H21ClN4O3S. The molecule has 24 heavy (non-hydrogen) atoms. The fourth-order valence-electron chi connectivity index (χ4n) is 2.72. The van der Waals surface area contributed by atoms with Crippen LogP contribution in [0.25, 0.3) is 0 Å². The van der Waals surface area contributed by atoms with E-state index in [1.54, 1.807) is 11.9 Å². The number of esters is 1. The topological polar surface area (TPSA) is 75.6 Å². The Hall–Kier alpha value is -1.41. The van der Waals surface area contributed by atoms with Crippen molar-refractivity contribution in [1.29, 1.82) is 0 Å². The lowest BCUT2D eigenvalue weighted by atomic mass is 9.86. The van der Waals surface area contributed by atoms with Crippen LogP contribution in [-0.2, 0) is 9.53 Å². The van der Waals surface area contributed by atoms with Crippen LogP contribution in [0.1, 0.15) is 49.5 Å². The van der Waals surface area contributed by atoms with Gasteiger partial charge < -0.3 is 9.64 Å². The Balaban J connectivity index is 1.75. The number of halogens is 1. The Labute approximate surface area is 149 Å². The van der Waals surface area contributed by atoms with E-state index in [9.17, 15) is 9.59 Å². The Morgan fingerprint density at radius 1 is 1.38 bits per heavy atom. The summed E-state index contributed by atoms with van der Waals surface area (Å²) >= 11 is 7.03. The smallest absolute Gasteiger partial charge is 0.329 e. The monoisotopic (exact) mass is 372 g/mol. The average Bonchev–Trinajstić information content (AvgIpc) is 2.96. The third kappa shape index (κ3) is 3.64. The molecule has 1 unspecified atom stereocenters. The number of carbonyl (C=O) groups excluding carboxylic acids is 2. The van der Waals surface area contributed by atoms with Crippen molar-refractivity contribution in [2.45, 2.75) is 50.7 Å². The molecule has 132 valence electrons. The average molecular weight is 373 g/mol. The molecular weight excluding hydrogens is 352 g/mol. The first-order valence-corrected chi connectivity index (χ1v) is 9.58. The number of aromatic nitrogens is 2. The zero-order valence-corrected chi connectivity index (χ0v) is 15.2. The lowest BCUT2D eigenvalue weighted by Gasteiger charge is -2.37. The molecule has 0 spiro atoms. The molecule has 1 saturated carbocycles. The summed E-state index contributed by atoms with van der Waals surface area (Å²) in [5, 5.41) is 9.88. The van der Waals surface area contributed by atoms with E-state index in [4.69, 9.17) is 16.3 Å². The van der Waals surface area contributed by atoms with Gasteiger partial charge in [0.2, 0.25) is 5.13 Å². The summed E-state index contributed by atoms with van der Waals surface area (Å²) < 4.78 is 5.51. The number of alkyl halides is 1. The number of urea groups is 1. The summed E-state index contributed by atoms with van der Waals surface area (Å²) in [6.45, 7) is 0.539. The molecule has 2 heterocycles. The number of carbonyl (C=O) groups is 2. The lowest BCUT2D eigenvalue weighted by molar-refractivity contribution is -0.149. The van der Waals surface area contributed by atoms with E-state index in [1.165, 1.54) is 22.7 Å². The number of rotatable bonds is 6. The maximum atomic E-state index is 12.6. The van der Waals surface area contributed by atoms with Crippen LogP contribution in [0.3, 0.4) is 0 Å². The number of ether oxygens (including phenoxy) is 1. The van der Waals surface area contributed by atoms with E-state index in [-0.39, 0.29) is 18.4 Å². The molecule has 1 aromatic rings. The summed E-state index contributed by atoms with van der Waals surface area (Å²) in [5.74, 6) is 0.525. The van der Waals surface area contributed by atoms with Crippen molar-refractivity contribution in [2.75, 3.05) is 24.4 Å². The van der Waals surface area contributed by atoms with Gasteiger partial charge in [-0.15, -0.1) is 21.8 Å². The molecule has 2 aliphatic rings. The minimum Gasteiger partial charge on any atom is -0.441 e. The molecule has 2 fully saturated rings. The van der Waals surface area contributed by atoms with Crippen molar-refractivity contribution in [2.24, 2.45) is 0 Å². The largest absolute Gasteiger partial charge is 0.441 e. The van der Waals surface area contributed by atoms with Gasteiger partial charge in [0.15, 0.2) is 6.23 Å². The third-order valence-electron chi connectivity index (χ3n) is 4.40. The number of hydrogen-bond acceptors (Lipinski definition) is 6. The maximum Gasteiger partial charge on any atom is 0.329 e. The van der Waals surface area contributed by atoms with Crippen LogP contribution in [0.5, 0.6) is 0 Å². The summed E-state index contributed by atoms with van der Waals surface area (Å²) in [4.78, 5) is 27.6. The molecule has 9 heteroatoms. The van der Waals surface area contributed by atoms with E-state index in [2.05, 4.69) is 10.2 Å². The fourth-order valence-corrected chi connectivity index (χ4v) is 3.90. The standard InChI is InChI=1S/C15H21ClN4O3S/c1-19-9-7-11(23-12(21)6-3-8-16)20(15(19)22)14-18-17-13(24-14)10-4-2-5-10/h10-11H,2-9H2,1H3. The van der Waals surface area contributed by atoms with Crippen LogP contribution in [-0.4, -0.2) is 52.8 Å². The van der Waals surface area contributed by atoms with E-state index in [1.807, 2.05) is 0 Å². The molecule has 7 nitrogen and oxygen atoms in total. The molecule has 0 radical (unpaired) electrons. The van der Waals surface area contributed by atoms with Crippen LogP contribution in [0.15, 0.2) is 0 Å². The van der Waals surface area contributed by atoms with Gasteiger partial charge in [-0.1, -0.05) is 17.8 Å². The van der Waals surface area contributed by atoms with Gasteiger partial charge >= 0.3 is 12.0 Å². The van der Waals surface area contributed by atoms with Crippen molar-refractivity contribution in [3.63, 3.8) is 0 Å². The van der Waals surface area contributed by atoms with Crippen molar-refractivity contribution in [3.8, 4) is 0 Å². The van der Waals surface area contributed by atoms with E-state index in [0.717, 1.165) is 17.8 Å². The minimum atomic E-state index is -0.626. The van der Waals surface area contributed by atoms with Crippen LogP contribution < -0.4 is 4.90 Å². The van der Waals surface area contributed by atoms with Gasteiger partial charge in [0.05, 0.1) is 0 Å². The Kier molecular flexibility index (Phi) is 5.55. The molecule has 3 rings (SSSR count). The summed E-state index contributed by atoms with van der Waals surface area (Å²) in [7, 11) is 1.73. The van der Waals surface area contributed by atoms with Crippen molar-refractivity contribution >= 4 is 40.1 Å². The highest BCUT2D eigenvalue weighted by molar-refractivity contribution is 7.15. The molecule has 1 saturated heterocycles. The summed E-state index contributed by atoms with van der Waals surface area (Å²) in [5.41, 5.74) is 0. The third-order valence-corrected chi connectivity index (χ3v) is 5.76. The first-order valence-electron chi connectivity index (χ1n) is 8.23. The molecule has 0 bridgehead atoms. The van der Waals surface area contributed by atoms with Gasteiger partial charge in [0.1, 0.15) is 5.01 Å². The zero-order valence-electron chi connectivity index (χ0n) is 13.6. The highest BCUT2D eigenvalue weighted by Gasteiger charge is 2.38. The second-order valence-corrected chi connectivity index (χ2v) is 7.52. The normalized spacial score (nSPS) is 21.8. The zero-order chi connectivity index (χ0) is 17.1. The Bertz CT molecular complexity index is 607. The summed E-state index contributed by atoms with van der Waals surface area (Å²) in [6, 6.07) is -0.215. The molecule has 1 aliphatic carbocycles. The number of amides is 2. The number of hydrogen-bond donors (Lipinski definition) is 0. The van der Waals surface area contributed by atoms with Crippen molar-refractivity contribution < 1.29 is 14.3 Å². The molecule has 1 atom stereocenters. The fraction of sp³-hybridized carbons (Fsp3) is 0.733. The van der Waals surface area contributed by atoms with Gasteiger partial charge in [-0.25, -0.2) is 9.69 Å². The first-order chi connectivity index (χ1) is 11.6.